The molecule has 4 aromatic rings. The van der Waals surface area contributed by atoms with Gasteiger partial charge in [0, 0.05) is 27.7 Å². The lowest BCUT2D eigenvalue weighted by Gasteiger charge is -2.33. The second kappa shape index (κ2) is 17.5. The molecule has 4 nitrogen and oxygen atoms in total. The first-order chi connectivity index (χ1) is 24.0. The van der Waals surface area contributed by atoms with E-state index in [9.17, 15) is 9.59 Å². The second-order valence-corrected chi connectivity index (χ2v) is 13.8. The highest BCUT2D eigenvalue weighted by Crippen LogP contribution is 2.56. The van der Waals surface area contributed by atoms with Crippen LogP contribution in [0.15, 0.2) is 72.8 Å². The zero-order valence-corrected chi connectivity index (χ0v) is 30.1. The molecule has 0 fully saturated rings. The van der Waals surface area contributed by atoms with Gasteiger partial charge < -0.3 is 9.47 Å². The highest BCUT2D eigenvalue weighted by molar-refractivity contribution is 5.89. The molecule has 1 aliphatic rings. The standard InChI is InChI=1S/C45H54O4/c1-5-7-9-11-13-15-25-45(26-16-14-12-10-8-6-2)41-29-35(39-27-33(31-46)17-23-43(39)48-3)19-21-37(41)38-22-20-36(30-42(38)45)40-28-34(32-47)18-24-44(40)49-4/h17-24,27-32H,5-16,25-26H2,1-4H3. The van der Waals surface area contributed by atoms with Crippen LogP contribution in [-0.4, -0.2) is 26.8 Å². The van der Waals surface area contributed by atoms with E-state index in [0.29, 0.717) is 11.1 Å². The van der Waals surface area contributed by atoms with Gasteiger partial charge in [-0.25, -0.2) is 0 Å². The monoisotopic (exact) mass is 658 g/mol. The quantitative estimate of drug-likeness (QED) is 0.0700. The number of methoxy groups -OCH3 is 2. The number of carbonyl (C=O) groups is 2. The number of carbonyl (C=O) groups excluding carboxylic acids is 2. The fraction of sp³-hybridized carbons (Fsp3) is 0.422. The number of unbranched alkanes of at least 4 members (excludes halogenated alkanes) is 10. The summed E-state index contributed by atoms with van der Waals surface area (Å²) in [5.41, 5.74) is 10.5. The van der Waals surface area contributed by atoms with Gasteiger partial charge in [-0.1, -0.05) is 115 Å². The van der Waals surface area contributed by atoms with E-state index in [1.165, 1.54) is 99.3 Å². The van der Waals surface area contributed by atoms with E-state index in [1.807, 2.05) is 36.4 Å². The van der Waals surface area contributed by atoms with E-state index in [-0.39, 0.29) is 5.41 Å². The average molecular weight is 659 g/mol. The van der Waals surface area contributed by atoms with Crippen LogP contribution in [0.1, 0.15) is 136 Å². The zero-order chi connectivity index (χ0) is 34.6. The van der Waals surface area contributed by atoms with Gasteiger partial charge in [-0.3, -0.25) is 9.59 Å². The molecule has 5 rings (SSSR count). The molecule has 0 aromatic heterocycles. The Morgan fingerprint density at radius 2 is 0.898 bits per heavy atom. The van der Waals surface area contributed by atoms with Crippen molar-refractivity contribution < 1.29 is 19.1 Å². The Hall–Kier alpha value is -4.18. The average Bonchev–Trinajstić information content (AvgIpc) is 3.41. The molecule has 0 saturated heterocycles. The predicted molar refractivity (Wildman–Crippen MR) is 203 cm³/mol. The maximum absolute atomic E-state index is 11.8. The van der Waals surface area contributed by atoms with E-state index in [0.717, 1.165) is 59.2 Å². The van der Waals surface area contributed by atoms with E-state index >= 15 is 0 Å². The fourth-order valence-electron chi connectivity index (χ4n) is 7.96. The van der Waals surface area contributed by atoms with Gasteiger partial charge in [0.2, 0.25) is 0 Å². The molecule has 0 N–H and O–H groups in total. The van der Waals surface area contributed by atoms with Crippen molar-refractivity contribution in [3.05, 3.63) is 95.1 Å². The largest absolute Gasteiger partial charge is 0.496 e. The van der Waals surface area contributed by atoms with Crippen LogP contribution in [0.25, 0.3) is 33.4 Å². The van der Waals surface area contributed by atoms with Crippen LogP contribution in [0, 0.1) is 0 Å². The Balaban J connectivity index is 1.66. The number of hydrogen-bond acceptors (Lipinski definition) is 4. The summed E-state index contributed by atoms with van der Waals surface area (Å²) in [6.45, 7) is 4.55. The second-order valence-electron chi connectivity index (χ2n) is 13.8. The molecule has 49 heavy (non-hydrogen) atoms. The van der Waals surface area contributed by atoms with Gasteiger partial charge in [-0.2, -0.15) is 0 Å². The van der Waals surface area contributed by atoms with Gasteiger partial charge in [0.25, 0.3) is 0 Å². The molecule has 0 amide bonds. The van der Waals surface area contributed by atoms with Crippen LogP contribution < -0.4 is 9.47 Å². The van der Waals surface area contributed by atoms with Gasteiger partial charge in [0.05, 0.1) is 14.2 Å². The molecule has 258 valence electrons. The summed E-state index contributed by atoms with van der Waals surface area (Å²) in [7, 11) is 3.39. The lowest BCUT2D eigenvalue weighted by atomic mass is 9.70. The van der Waals surface area contributed by atoms with E-state index in [1.54, 1.807) is 14.2 Å². The summed E-state index contributed by atoms with van der Waals surface area (Å²) < 4.78 is 11.6. The Kier molecular flexibility index (Phi) is 12.9. The predicted octanol–water partition coefficient (Wildman–Crippen LogP) is 12.4. The summed E-state index contributed by atoms with van der Waals surface area (Å²) in [6.07, 6.45) is 19.0. The van der Waals surface area contributed by atoms with Crippen LogP contribution in [0.2, 0.25) is 0 Å². The Labute approximate surface area is 294 Å². The molecule has 0 unspecified atom stereocenters. The van der Waals surface area contributed by atoms with Crippen LogP contribution in [0.4, 0.5) is 0 Å². The smallest absolute Gasteiger partial charge is 0.150 e. The molecule has 4 heteroatoms. The number of ether oxygens (including phenoxy) is 2. The first kappa shape index (κ1) is 36.1. The van der Waals surface area contributed by atoms with E-state index in [4.69, 9.17) is 9.47 Å². The topological polar surface area (TPSA) is 52.6 Å². The number of rotatable bonds is 20. The maximum atomic E-state index is 11.8. The highest BCUT2D eigenvalue weighted by Gasteiger charge is 2.42. The Bertz CT molecular complexity index is 1590. The number of benzene rings is 4. The van der Waals surface area contributed by atoms with Gasteiger partial charge in [-0.05, 0) is 94.8 Å². The minimum atomic E-state index is -0.156. The third-order valence-electron chi connectivity index (χ3n) is 10.6. The molecule has 0 aliphatic heterocycles. The van der Waals surface area contributed by atoms with E-state index in [2.05, 4.69) is 50.2 Å². The van der Waals surface area contributed by atoms with Gasteiger partial charge >= 0.3 is 0 Å². The van der Waals surface area contributed by atoms with Crippen LogP contribution in [0.5, 0.6) is 11.5 Å². The summed E-state index contributed by atoms with van der Waals surface area (Å²) in [4.78, 5) is 23.6. The van der Waals surface area contributed by atoms with Crippen molar-refractivity contribution in [1.82, 2.24) is 0 Å². The number of aldehydes is 2. The van der Waals surface area contributed by atoms with Crippen molar-refractivity contribution in [2.45, 2.75) is 109 Å². The third-order valence-corrected chi connectivity index (χ3v) is 10.6. The molecule has 0 bridgehead atoms. The molecule has 0 atom stereocenters. The maximum Gasteiger partial charge on any atom is 0.150 e. The minimum absolute atomic E-state index is 0.156. The van der Waals surface area contributed by atoms with Crippen LogP contribution in [-0.2, 0) is 5.41 Å². The summed E-state index contributed by atoms with van der Waals surface area (Å²) in [6, 6.07) is 25.0. The van der Waals surface area contributed by atoms with Crippen molar-refractivity contribution in [2.24, 2.45) is 0 Å². The summed E-state index contributed by atoms with van der Waals surface area (Å²) in [5, 5.41) is 0. The highest BCUT2D eigenvalue weighted by atomic mass is 16.5. The summed E-state index contributed by atoms with van der Waals surface area (Å²) >= 11 is 0. The Morgan fingerprint density at radius 1 is 0.490 bits per heavy atom. The summed E-state index contributed by atoms with van der Waals surface area (Å²) in [5.74, 6) is 1.53. The van der Waals surface area contributed by atoms with E-state index < -0.39 is 0 Å². The van der Waals surface area contributed by atoms with Gasteiger partial charge in [-0.15, -0.1) is 0 Å². The van der Waals surface area contributed by atoms with Crippen molar-refractivity contribution in [1.29, 1.82) is 0 Å². The van der Waals surface area contributed by atoms with Crippen LogP contribution >= 0.6 is 0 Å². The van der Waals surface area contributed by atoms with Crippen molar-refractivity contribution >= 4 is 12.6 Å². The number of fused-ring (bicyclic) bond motifs is 3. The molecular formula is C45H54O4. The fourth-order valence-corrected chi connectivity index (χ4v) is 7.96. The lowest BCUT2D eigenvalue weighted by molar-refractivity contribution is 0.111. The van der Waals surface area contributed by atoms with Gasteiger partial charge in [0.15, 0.2) is 0 Å². The number of hydrogen-bond donors (Lipinski definition) is 0. The van der Waals surface area contributed by atoms with Crippen LogP contribution in [0.3, 0.4) is 0 Å². The normalized spacial score (nSPS) is 12.7. The minimum Gasteiger partial charge on any atom is -0.496 e. The van der Waals surface area contributed by atoms with Crippen molar-refractivity contribution in [3.8, 4) is 44.9 Å². The molecule has 0 heterocycles. The third kappa shape index (κ3) is 8.01. The molecule has 1 aliphatic carbocycles. The van der Waals surface area contributed by atoms with Crippen molar-refractivity contribution in [3.63, 3.8) is 0 Å². The van der Waals surface area contributed by atoms with Crippen molar-refractivity contribution in [2.75, 3.05) is 14.2 Å². The molecule has 0 saturated carbocycles. The SMILES string of the molecule is CCCCCCCCC1(CCCCCCCC)c2cc(-c3cc(C=O)ccc3OC)ccc2-c2ccc(-c3cc(C=O)ccc3OC)cc21. The molecule has 0 radical (unpaired) electrons. The lowest BCUT2D eigenvalue weighted by Crippen LogP contribution is -2.25. The molecular weight excluding hydrogens is 604 g/mol. The molecule has 0 spiro atoms. The zero-order valence-electron chi connectivity index (χ0n) is 30.1. The first-order valence-electron chi connectivity index (χ1n) is 18.6. The van der Waals surface area contributed by atoms with Gasteiger partial charge in [0.1, 0.15) is 24.1 Å². The first-order valence-corrected chi connectivity index (χ1v) is 18.6. The Morgan fingerprint density at radius 3 is 1.29 bits per heavy atom. The molecule has 4 aromatic carbocycles.